The van der Waals surface area contributed by atoms with Gasteiger partial charge in [0.2, 0.25) is 5.78 Å². The number of hydrogen-bond acceptors (Lipinski definition) is 4. The van der Waals surface area contributed by atoms with E-state index in [9.17, 15) is 9.59 Å². The quantitative estimate of drug-likeness (QED) is 0.180. The van der Waals surface area contributed by atoms with Crippen LogP contribution in [0, 0.1) is 6.92 Å². The first-order valence-electron chi connectivity index (χ1n) is 10.6. The predicted octanol–water partition coefficient (Wildman–Crippen LogP) is 6.57. The average Bonchev–Trinajstić information content (AvgIpc) is 3.31. The van der Waals surface area contributed by atoms with Crippen LogP contribution < -0.4 is 9.47 Å². The van der Waals surface area contributed by atoms with Crippen LogP contribution in [0.1, 0.15) is 38.8 Å². The summed E-state index contributed by atoms with van der Waals surface area (Å²) in [6.07, 6.45) is 3.80. The molecule has 0 atom stereocenters. The average molecular weight is 502 g/mol. The van der Waals surface area contributed by atoms with Crippen LogP contribution in [-0.2, 0) is 6.54 Å². The summed E-state index contributed by atoms with van der Waals surface area (Å²) >= 11 is 3.37. The Balaban J connectivity index is 1.47. The number of nitrogens with zero attached hydrogens (tertiary/aromatic N) is 1. The first kappa shape index (κ1) is 21.2. The number of aryl methyl sites for hydroxylation is 2. The number of carbonyl (C=O) groups is 2. The van der Waals surface area contributed by atoms with Gasteiger partial charge in [-0.1, -0.05) is 30.3 Å². The van der Waals surface area contributed by atoms with E-state index in [2.05, 4.69) is 33.5 Å². The maximum Gasteiger partial charge on any atom is 0.344 e. The van der Waals surface area contributed by atoms with Crippen molar-refractivity contribution in [2.24, 2.45) is 0 Å². The van der Waals surface area contributed by atoms with Crippen molar-refractivity contribution in [3.63, 3.8) is 0 Å². The summed E-state index contributed by atoms with van der Waals surface area (Å²) in [5, 5.41) is 1.05. The molecule has 4 aromatic rings. The zero-order valence-electron chi connectivity index (χ0n) is 18.1. The highest BCUT2D eigenvalue weighted by Gasteiger charge is 2.30. The molecule has 0 radical (unpaired) electrons. The minimum Gasteiger partial charge on any atom is -0.452 e. The van der Waals surface area contributed by atoms with Gasteiger partial charge in [-0.05, 0) is 65.7 Å². The number of fused-ring (bicyclic) bond motifs is 2. The molecule has 0 saturated carbocycles. The van der Waals surface area contributed by atoms with E-state index in [1.807, 2.05) is 37.4 Å². The first-order valence-corrected chi connectivity index (χ1v) is 11.4. The third kappa shape index (κ3) is 3.76. The van der Waals surface area contributed by atoms with Crippen LogP contribution in [-0.4, -0.2) is 16.3 Å². The van der Waals surface area contributed by atoms with E-state index in [1.165, 1.54) is 0 Å². The van der Waals surface area contributed by atoms with Crippen molar-refractivity contribution in [2.45, 2.75) is 20.4 Å². The van der Waals surface area contributed by atoms with Gasteiger partial charge < -0.3 is 14.0 Å². The lowest BCUT2D eigenvalue weighted by atomic mass is 10.0. The summed E-state index contributed by atoms with van der Waals surface area (Å²) in [5.41, 5.74) is 3.61. The monoisotopic (exact) mass is 501 g/mol. The molecule has 2 heterocycles. The number of hydrogen-bond donors (Lipinski definition) is 0. The number of benzene rings is 3. The fraction of sp³-hybridized carbons (Fsp3) is 0.111. The van der Waals surface area contributed by atoms with Crippen LogP contribution >= 0.6 is 15.9 Å². The molecule has 33 heavy (non-hydrogen) atoms. The molecule has 0 unspecified atom stereocenters. The summed E-state index contributed by atoms with van der Waals surface area (Å²) < 4.78 is 14.3. The number of ether oxygens (including phenoxy) is 2. The standard InChI is InChI=1S/C27H20BrNO4/c1-3-29-15-17(19-8-5-7-11-22(19)29)13-24-26(30)25-16(2)12-18(14-23(25)33-24)32-27(31)20-9-4-6-10-21(20)28/h4-15H,3H2,1-2H3/b24-13-. The Bertz CT molecular complexity index is 1460. The van der Waals surface area contributed by atoms with Crippen LogP contribution in [0.3, 0.4) is 0 Å². The number of esters is 1. The van der Waals surface area contributed by atoms with Crippen molar-refractivity contribution in [2.75, 3.05) is 0 Å². The molecule has 0 spiro atoms. The van der Waals surface area contributed by atoms with Crippen molar-refractivity contribution >= 4 is 44.7 Å². The molecule has 0 amide bonds. The van der Waals surface area contributed by atoms with E-state index in [4.69, 9.17) is 9.47 Å². The number of carbonyl (C=O) groups excluding carboxylic acids is 2. The van der Waals surface area contributed by atoms with E-state index >= 15 is 0 Å². The molecule has 0 N–H and O–H groups in total. The Labute approximate surface area is 199 Å². The SMILES string of the molecule is CCn1cc(/C=C2\Oc3cc(OC(=O)c4ccccc4Br)cc(C)c3C2=O)c2ccccc21. The highest BCUT2D eigenvalue weighted by atomic mass is 79.9. The predicted molar refractivity (Wildman–Crippen MR) is 131 cm³/mol. The lowest BCUT2D eigenvalue weighted by Gasteiger charge is -2.08. The molecule has 0 aliphatic carbocycles. The molecule has 6 heteroatoms. The highest BCUT2D eigenvalue weighted by molar-refractivity contribution is 9.10. The highest BCUT2D eigenvalue weighted by Crippen LogP contribution is 2.38. The van der Waals surface area contributed by atoms with E-state index in [1.54, 1.807) is 36.4 Å². The van der Waals surface area contributed by atoms with Crippen LogP contribution in [0.5, 0.6) is 11.5 Å². The Morgan fingerprint density at radius 3 is 2.67 bits per heavy atom. The van der Waals surface area contributed by atoms with E-state index in [0.717, 1.165) is 23.0 Å². The molecule has 3 aromatic carbocycles. The number of allylic oxidation sites excluding steroid dienone is 1. The molecule has 5 nitrogen and oxygen atoms in total. The van der Waals surface area contributed by atoms with E-state index in [-0.39, 0.29) is 11.5 Å². The summed E-state index contributed by atoms with van der Waals surface area (Å²) in [6.45, 7) is 4.71. The molecule has 1 aliphatic heterocycles. The number of aromatic nitrogens is 1. The first-order chi connectivity index (χ1) is 16.0. The molecule has 0 fully saturated rings. The van der Waals surface area contributed by atoms with Gasteiger partial charge >= 0.3 is 5.97 Å². The summed E-state index contributed by atoms with van der Waals surface area (Å²) in [4.78, 5) is 25.7. The van der Waals surface area contributed by atoms with Crippen LogP contribution in [0.25, 0.3) is 17.0 Å². The smallest absolute Gasteiger partial charge is 0.344 e. The third-order valence-corrected chi connectivity index (χ3v) is 6.39. The van der Waals surface area contributed by atoms with Gasteiger partial charge in [0.25, 0.3) is 0 Å². The molecule has 164 valence electrons. The molecular formula is C27H20BrNO4. The van der Waals surface area contributed by atoms with Crippen molar-refractivity contribution < 1.29 is 19.1 Å². The van der Waals surface area contributed by atoms with Gasteiger partial charge in [-0.25, -0.2) is 4.79 Å². The maximum atomic E-state index is 13.1. The number of rotatable bonds is 4. The fourth-order valence-corrected chi connectivity index (χ4v) is 4.56. The second-order valence-corrected chi connectivity index (χ2v) is 8.66. The summed E-state index contributed by atoms with van der Waals surface area (Å²) in [7, 11) is 0. The maximum absolute atomic E-state index is 13.1. The van der Waals surface area contributed by atoms with Gasteiger partial charge in [-0.2, -0.15) is 0 Å². The number of ketones is 1. The van der Waals surface area contributed by atoms with Gasteiger partial charge in [-0.15, -0.1) is 0 Å². The van der Waals surface area contributed by atoms with Gasteiger partial charge in [0.05, 0.1) is 11.1 Å². The molecule has 0 bridgehead atoms. The van der Waals surface area contributed by atoms with Crippen LogP contribution in [0.4, 0.5) is 0 Å². The van der Waals surface area contributed by atoms with Crippen molar-refractivity contribution in [3.05, 3.63) is 99.3 Å². The summed E-state index contributed by atoms with van der Waals surface area (Å²) in [6, 6.07) is 18.4. The zero-order valence-corrected chi connectivity index (χ0v) is 19.7. The second kappa shape index (κ2) is 8.37. The molecule has 5 rings (SSSR count). The Morgan fingerprint density at radius 1 is 1.12 bits per heavy atom. The topological polar surface area (TPSA) is 57.5 Å². The molecule has 1 aromatic heterocycles. The molecule has 1 aliphatic rings. The zero-order chi connectivity index (χ0) is 23.1. The second-order valence-electron chi connectivity index (χ2n) is 7.81. The van der Waals surface area contributed by atoms with Gasteiger partial charge in [0, 0.05) is 39.7 Å². The van der Waals surface area contributed by atoms with Crippen LogP contribution in [0.2, 0.25) is 0 Å². The number of para-hydroxylation sites is 1. The lowest BCUT2D eigenvalue weighted by molar-refractivity contribution is 0.0733. The molecule has 0 saturated heterocycles. The Kier molecular flexibility index (Phi) is 5.38. The Morgan fingerprint density at radius 2 is 1.88 bits per heavy atom. The van der Waals surface area contributed by atoms with Gasteiger partial charge in [-0.3, -0.25) is 4.79 Å². The van der Waals surface area contributed by atoms with E-state index < -0.39 is 5.97 Å². The molecular weight excluding hydrogens is 482 g/mol. The largest absolute Gasteiger partial charge is 0.452 e. The number of Topliss-reactive ketones (excluding diaryl/α,β-unsaturated/α-hetero) is 1. The fourth-order valence-electron chi connectivity index (χ4n) is 4.12. The van der Waals surface area contributed by atoms with Crippen LogP contribution in [0.15, 0.2) is 77.1 Å². The van der Waals surface area contributed by atoms with Crippen molar-refractivity contribution in [1.82, 2.24) is 4.57 Å². The number of halogens is 1. The van der Waals surface area contributed by atoms with Crippen molar-refractivity contribution in [1.29, 1.82) is 0 Å². The van der Waals surface area contributed by atoms with E-state index in [0.29, 0.717) is 32.7 Å². The van der Waals surface area contributed by atoms with Gasteiger partial charge in [0.15, 0.2) is 5.76 Å². The van der Waals surface area contributed by atoms with Gasteiger partial charge in [0.1, 0.15) is 11.5 Å². The van der Waals surface area contributed by atoms with Crippen molar-refractivity contribution in [3.8, 4) is 11.5 Å². The third-order valence-electron chi connectivity index (χ3n) is 5.69. The minimum absolute atomic E-state index is 0.181. The summed E-state index contributed by atoms with van der Waals surface area (Å²) in [5.74, 6) is 0.291. The Hall–Kier alpha value is -3.64. The normalized spacial score (nSPS) is 13.9. The lowest BCUT2D eigenvalue weighted by Crippen LogP contribution is -2.09. The minimum atomic E-state index is -0.491.